The van der Waals surface area contributed by atoms with Crippen LogP contribution in [0.15, 0.2) is 33.9 Å². The average molecular weight is 271 g/mol. The third-order valence-electron chi connectivity index (χ3n) is 2.24. The van der Waals surface area contributed by atoms with Crippen molar-refractivity contribution in [2.75, 3.05) is 10.5 Å². The number of nitrogens with one attached hydrogen (secondary N) is 1. The topological polar surface area (TPSA) is 98.2 Å². The number of aryl methyl sites for hydroxylation is 1. The van der Waals surface area contributed by atoms with Crippen molar-refractivity contribution >= 4 is 21.5 Å². The highest BCUT2D eigenvalue weighted by Gasteiger charge is 2.18. The van der Waals surface area contributed by atoms with E-state index < -0.39 is 15.8 Å². The third-order valence-corrected chi connectivity index (χ3v) is 3.58. The van der Waals surface area contributed by atoms with Crippen molar-refractivity contribution < 1.29 is 17.3 Å². The highest BCUT2D eigenvalue weighted by atomic mass is 32.2. The molecule has 6 nitrogen and oxygen atoms in total. The highest BCUT2D eigenvalue weighted by molar-refractivity contribution is 7.92. The first-order chi connectivity index (χ1) is 8.40. The van der Waals surface area contributed by atoms with Crippen LogP contribution in [0.25, 0.3) is 0 Å². The normalized spacial score (nSPS) is 11.4. The molecule has 2 rings (SSSR count). The summed E-state index contributed by atoms with van der Waals surface area (Å²) in [5.41, 5.74) is 5.31. The van der Waals surface area contributed by atoms with Gasteiger partial charge in [0.25, 0.3) is 10.0 Å². The largest absolute Gasteiger partial charge is 0.396 e. The fourth-order valence-electron chi connectivity index (χ4n) is 1.38. The van der Waals surface area contributed by atoms with Gasteiger partial charge in [0.1, 0.15) is 12.1 Å². The fourth-order valence-corrected chi connectivity index (χ4v) is 2.49. The first kappa shape index (κ1) is 12.4. The molecule has 0 fully saturated rings. The van der Waals surface area contributed by atoms with Gasteiger partial charge in [-0.2, -0.15) is 0 Å². The van der Waals surface area contributed by atoms with Crippen molar-refractivity contribution in [3.05, 3.63) is 35.8 Å². The van der Waals surface area contributed by atoms with Gasteiger partial charge in [-0.25, -0.2) is 12.8 Å². The first-order valence-corrected chi connectivity index (χ1v) is 6.37. The smallest absolute Gasteiger partial charge is 0.263 e. The third kappa shape index (κ3) is 2.28. The molecule has 0 saturated heterocycles. The van der Waals surface area contributed by atoms with Gasteiger partial charge in [0.2, 0.25) is 0 Å². The molecule has 1 heterocycles. The van der Waals surface area contributed by atoms with E-state index >= 15 is 0 Å². The van der Waals surface area contributed by atoms with Crippen molar-refractivity contribution in [1.29, 1.82) is 0 Å². The summed E-state index contributed by atoms with van der Waals surface area (Å²) in [6.07, 6.45) is 1.22. The predicted molar refractivity (Wildman–Crippen MR) is 62.9 cm³/mol. The van der Waals surface area contributed by atoms with E-state index in [1.54, 1.807) is 0 Å². The van der Waals surface area contributed by atoms with Gasteiger partial charge in [-0.05, 0) is 24.6 Å². The SMILES string of the molecule is Cc1cc(S(=O)(=O)Nc2ccon2)cc(N)c1F. The Morgan fingerprint density at radius 3 is 2.72 bits per heavy atom. The van der Waals surface area contributed by atoms with Crippen LogP contribution >= 0.6 is 0 Å². The maximum Gasteiger partial charge on any atom is 0.263 e. The summed E-state index contributed by atoms with van der Waals surface area (Å²) in [6.45, 7) is 1.43. The van der Waals surface area contributed by atoms with E-state index in [1.807, 2.05) is 0 Å². The van der Waals surface area contributed by atoms with Gasteiger partial charge in [-0.1, -0.05) is 5.16 Å². The van der Waals surface area contributed by atoms with Crippen LogP contribution in [0.1, 0.15) is 5.56 Å². The maximum absolute atomic E-state index is 13.3. The molecule has 0 radical (unpaired) electrons. The molecule has 96 valence electrons. The van der Waals surface area contributed by atoms with E-state index in [-0.39, 0.29) is 22.0 Å². The van der Waals surface area contributed by atoms with Crippen LogP contribution in [0.5, 0.6) is 0 Å². The van der Waals surface area contributed by atoms with Crippen molar-refractivity contribution in [2.24, 2.45) is 0 Å². The minimum absolute atomic E-state index is 0.0375. The Morgan fingerprint density at radius 2 is 2.17 bits per heavy atom. The molecule has 2 aromatic rings. The van der Waals surface area contributed by atoms with Crippen molar-refractivity contribution in [1.82, 2.24) is 5.16 Å². The summed E-state index contributed by atoms with van der Waals surface area (Å²) in [5, 5.41) is 3.42. The van der Waals surface area contributed by atoms with Crippen molar-refractivity contribution in [3.8, 4) is 0 Å². The maximum atomic E-state index is 13.3. The number of sulfonamides is 1. The van der Waals surface area contributed by atoms with Crippen LogP contribution in [0.4, 0.5) is 15.9 Å². The highest BCUT2D eigenvalue weighted by Crippen LogP contribution is 2.22. The lowest BCUT2D eigenvalue weighted by Gasteiger charge is -2.08. The number of nitrogens with zero attached hydrogens (tertiary/aromatic N) is 1. The summed E-state index contributed by atoms with van der Waals surface area (Å²) in [7, 11) is -3.86. The molecular weight excluding hydrogens is 261 g/mol. The minimum atomic E-state index is -3.86. The van der Waals surface area contributed by atoms with Crippen LogP contribution in [0.3, 0.4) is 0 Å². The summed E-state index contributed by atoms with van der Waals surface area (Å²) in [6, 6.07) is 3.58. The van der Waals surface area contributed by atoms with E-state index in [0.717, 1.165) is 6.07 Å². The molecule has 18 heavy (non-hydrogen) atoms. The van der Waals surface area contributed by atoms with Gasteiger partial charge in [0, 0.05) is 6.07 Å². The van der Waals surface area contributed by atoms with Gasteiger partial charge >= 0.3 is 0 Å². The van der Waals surface area contributed by atoms with Crippen LogP contribution in [0, 0.1) is 12.7 Å². The Balaban J connectivity index is 2.42. The Labute approximate surface area is 103 Å². The average Bonchev–Trinajstić information content (AvgIpc) is 2.77. The number of rotatable bonds is 3. The molecule has 0 atom stereocenters. The number of anilines is 2. The van der Waals surface area contributed by atoms with Crippen molar-refractivity contribution in [3.63, 3.8) is 0 Å². The number of benzene rings is 1. The molecule has 0 unspecified atom stereocenters. The number of hydrogen-bond donors (Lipinski definition) is 2. The lowest BCUT2D eigenvalue weighted by atomic mass is 10.2. The van der Waals surface area contributed by atoms with E-state index in [9.17, 15) is 12.8 Å². The second kappa shape index (κ2) is 4.30. The number of hydrogen-bond acceptors (Lipinski definition) is 5. The number of nitrogens with two attached hydrogens (primary N) is 1. The summed E-state index contributed by atoms with van der Waals surface area (Å²) >= 11 is 0. The molecule has 0 spiro atoms. The second-order valence-corrected chi connectivity index (χ2v) is 5.32. The standard InChI is InChI=1S/C10H10FN3O3S/c1-6-4-7(5-8(12)10(6)11)18(15,16)14-9-2-3-17-13-9/h2-5H,12H2,1H3,(H,13,14). The zero-order chi connectivity index (χ0) is 13.3. The molecule has 8 heteroatoms. The van der Waals surface area contributed by atoms with Crippen LogP contribution in [0.2, 0.25) is 0 Å². The number of aromatic nitrogens is 1. The molecule has 0 saturated carbocycles. The molecule has 0 aliphatic rings. The van der Waals surface area contributed by atoms with Crippen LogP contribution in [-0.2, 0) is 10.0 Å². The van der Waals surface area contributed by atoms with Crippen molar-refractivity contribution in [2.45, 2.75) is 11.8 Å². The van der Waals surface area contributed by atoms with Gasteiger partial charge < -0.3 is 10.3 Å². The lowest BCUT2D eigenvalue weighted by Crippen LogP contribution is -2.14. The molecule has 0 bridgehead atoms. The molecule has 3 N–H and O–H groups in total. The van der Waals surface area contributed by atoms with Gasteiger partial charge in [-0.15, -0.1) is 0 Å². The zero-order valence-corrected chi connectivity index (χ0v) is 10.2. The first-order valence-electron chi connectivity index (χ1n) is 4.89. The fraction of sp³-hybridized carbons (Fsp3) is 0.100. The quantitative estimate of drug-likeness (QED) is 0.824. The van der Waals surface area contributed by atoms with E-state index in [0.29, 0.717) is 0 Å². The van der Waals surface area contributed by atoms with Gasteiger partial charge in [0.15, 0.2) is 5.82 Å². The Kier molecular flexibility index (Phi) is 2.95. The zero-order valence-electron chi connectivity index (χ0n) is 9.34. The Hall–Kier alpha value is -2.09. The molecule has 0 amide bonds. The van der Waals surface area contributed by atoms with E-state index in [2.05, 4.69) is 14.4 Å². The molecule has 0 aliphatic heterocycles. The Morgan fingerprint density at radius 1 is 1.44 bits per heavy atom. The molecule has 1 aromatic heterocycles. The monoisotopic (exact) mass is 271 g/mol. The lowest BCUT2D eigenvalue weighted by molar-refractivity contribution is 0.423. The summed E-state index contributed by atoms with van der Waals surface area (Å²) < 4.78 is 43.9. The second-order valence-electron chi connectivity index (χ2n) is 3.63. The minimum Gasteiger partial charge on any atom is -0.396 e. The summed E-state index contributed by atoms with van der Waals surface area (Å²) in [5.74, 6) is -0.592. The molecular formula is C10H10FN3O3S. The van der Waals surface area contributed by atoms with Gasteiger partial charge in [0.05, 0.1) is 10.6 Å². The van der Waals surface area contributed by atoms with E-state index in [4.69, 9.17) is 5.73 Å². The van der Waals surface area contributed by atoms with Gasteiger partial charge in [-0.3, -0.25) is 4.72 Å². The Bertz CT molecular complexity index is 645. The predicted octanol–water partition coefficient (Wildman–Crippen LogP) is 1.51. The van der Waals surface area contributed by atoms with E-state index in [1.165, 1.54) is 25.3 Å². The number of halogens is 1. The molecule has 1 aromatic carbocycles. The van der Waals surface area contributed by atoms with Crippen LogP contribution in [-0.4, -0.2) is 13.6 Å². The summed E-state index contributed by atoms with van der Waals surface area (Å²) in [4.78, 5) is -0.137. The molecule has 0 aliphatic carbocycles. The number of nitrogen functional groups attached to an aromatic ring is 1. The van der Waals surface area contributed by atoms with Crippen LogP contribution < -0.4 is 10.5 Å².